The Bertz CT molecular complexity index is 540. The van der Waals surface area contributed by atoms with E-state index < -0.39 is 17.7 Å². The summed E-state index contributed by atoms with van der Waals surface area (Å²) in [7, 11) is 0. The predicted molar refractivity (Wildman–Crippen MR) is 71.1 cm³/mol. The molecule has 1 atom stereocenters. The largest absolute Gasteiger partial charge is 0.324 e. The normalized spacial score (nSPS) is 12.4. The van der Waals surface area contributed by atoms with Gasteiger partial charge in [0.2, 0.25) is 0 Å². The van der Waals surface area contributed by atoms with Crippen LogP contribution in [0.3, 0.4) is 0 Å². The molecule has 0 radical (unpaired) electrons. The van der Waals surface area contributed by atoms with Gasteiger partial charge in [-0.25, -0.2) is 8.78 Å². The summed E-state index contributed by atoms with van der Waals surface area (Å²) >= 11 is 3.34. The van der Waals surface area contributed by atoms with E-state index in [2.05, 4.69) is 15.9 Å². The number of nitrogens with two attached hydrogens (primary N) is 1. The van der Waals surface area contributed by atoms with Gasteiger partial charge in [-0.05, 0) is 42.3 Å². The average Bonchev–Trinajstić information content (AvgIpc) is 2.35. The van der Waals surface area contributed by atoms with Gasteiger partial charge >= 0.3 is 0 Å². The first-order chi connectivity index (χ1) is 8.56. The van der Waals surface area contributed by atoms with Crippen molar-refractivity contribution in [2.75, 3.05) is 0 Å². The molecule has 0 fully saturated rings. The Kier molecular flexibility index (Phi) is 4.09. The topological polar surface area (TPSA) is 26.0 Å². The molecule has 0 aliphatic carbocycles. The lowest BCUT2D eigenvalue weighted by molar-refractivity contribution is 0.561. The van der Waals surface area contributed by atoms with Gasteiger partial charge in [0.1, 0.15) is 11.6 Å². The molecule has 1 nitrogen and oxygen atoms in total. The van der Waals surface area contributed by atoms with Gasteiger partial charge in [-0.15, -0.1) is 0 Å². The Morgan fingerprint density at radius 3 is 2.39 bits per heavy atom. The fraction of sp³-hybridized carbons (Fsp3) is 0.143. The second-order valence-electron chi connectivity index (χ2n) is 4.10. The number of rotatable bonds is 3. The van der Waals surface area contributed by atoms with Crippen LogP contribution in [0.25, 0.3) is 0 Å². The van der Waals surface area contributed by atoms with E-state index >= 15 is 0 Å². The summed E-state index contributed by atoms with van der Waals surface area (Å²) in [4.78, 5) is 0. The highest BCUT2D eigenvalue weighted by molar-refractivity contribution is 9.10. The summed E-state index contributed by atoms with van der Waals surface area (Å²) in [5.41, 5.74) is 7.10. The molecule has 0 aliphatic rings. The van der Waals surface area contributed by atoms with Crippen LogP contribution in [0.2, 0.25) is 0 Å². The minimum absolute atomic E-state index is 0.206. The van der Waals surface area contributed by atoms with Crippen molar-refractivity contribution >= 4 is 15.9 Å². The molecule has 0 saturated carbocycles. The third kappa shape index (κ3) is 3.15. The third-order valence-electron chi connectivity index (χ3n) is 2.73. The Morgan fingerprint density at radius 2 is 1.72 bits per heavy atom. The Labute approximate surface area is 113 Å². The zero-order chi connectivity index (χ0) is 13.1. The minimum atomic E-state index is -0.554. The summed E-state index contributed by atoms with van der Waals surface area (Å²) in [6.07, 6.45) is 0.466. The maximum atomic E-state index is 13.5. The molecule has 2 aromatic carbocycles. The lowest BCUT2D eigenvalue weighted by atomic mass is 9.99. The Hall–Kier alpha value is -1.26. The monoisotopic (exact) mass is 311 g/mol. The molecule has 2 rings (SSSR count). The van der Waals surface area contributed by atoms with E-state index in [9.17, 15) is 8.78 Å². The van der Waals surface area contributed by atoms with E-state index in [1.54, 1.807) is 0 Å². The van der Waals surface area contributed by atoms with Crippen molar-refractivity contribution in [2.24, 2.45) is 5.73 Å². The van der Waals surface area contributed by atoms with Gasteiger partial charge in [0.25, 0.3) is 0 Å². The van der Waals surface area contributed by atoms with E-state index in [-0.39, 0.29) is 5.56 Å². The van der Waals surface area contributed by atoms with Crippen LogP contribution >= 0.6 is 15.9 Å². The molecule has 2 aromatic rings. The standard InChI is InChI=1S/C14H12BrF2N/c15-10-3-1-9(2-4-10)7-14(18)12-8-11(16)5-6-13(12)17/h1-6,8,14H,7,18H2. The van der Waals surface area contributed by atoms with Crippen LogP contribution in [0.4, 0.5) is 8.78 Å². The van der Waals surface area contributed by atoms with E-state index in [1.807, 2.05) is 24.3 Å². The van der Waals surface area contributed by atoms with Crippen LogP contribution < -0.4 is 5.73 Å². The molecule has 0 aliphatic heterocycles. The van der Waals surface area contributed by atoms with Gasteiger partial charge in [-0.3, -0.25) is 0 Å². The van der Waals surface area contributed by atoms with Crippen molar-refractivity contribution in [1.82, 2.24) is 0 Å². The molecule has 18 heavy (non-hydrogen) atoms. The quantitative estimate of drug-likeness (QED) is 0.912. The molecule has 0 spiro atoms. The van der Waals surface area contributed by atoms with Crippen LogP contribution in [-0.4, -0.2) is 0 Å². The van der Waals surface area contributed by atoms with Gasteiger partial charge in [-0.2, -0.15) is 0 Å². The van der Waals surface area contributed by atoms with E-state index in [0.29, 0.717) is 6.42 Å². The number of halogens is 3. The summed E-state index contributed by atoms with van der Waals surface area (Å²) in [5.74, 6) is -0.946. The summed E-state index contributed by atoms with van der Waals surface area (Å²) < 4.78 is 27.6. The molecule has 0 amide bonds. The fourth-order valence-electron chi connectivity index (χ4n) is 1.78. The van der Waals surface area contributed by atoms with Crippen LogP contribution in [0.5, 0.6) is 0 Å². The van der Waals surface area contributed by atoms with Crippen molar-refractivity contribution in [3.8, 4) is 0 Å². The van der Waals surface area contributed by atoms with Crippen molar-refractivity contribution in [3.63, 3.8) is 0 Å². The van der Waals surface area contributed by atoms with Crippen LogP contribution in [0, 0.1) is 11.6 Å². The van der Waals surface area contributed by atoms with Crippen molar-refractivity contribution in [2.45, 2.75) is 12.5 Å². The van der Waals surface area contributed by atoms with E-state index in [1.165, 1.54) is 0 Å². The van der Waals surface area contributed by atoms with Gasteiger partial charge in [0, 0.05) is 16.1 Å². The maximum absolute atomic E-state index is 13.5. The molecular weight excluding hydrogens is 300 g/mol. The first-order valence-corrected chi connectivity index (χ1v) is 6.30. The molecule has 4 heteroatoms. The van der Waals surface area contributed by atoms with E-state index in [0.717, 1.165) is 28.2 Å². The molecule has 0 aromatic heterocycles. The highest BCUT2D eigenvalue weighted by atomic mass is 79.9. The Morgan fingerprint density at radius 1 is 1.06 bits per heavy atom. The molecule has 0 heterocycles. The molecule has 2 N–H and O–H groups in total. The van der Waals surface area contributed by atoms with Crippen molar-refractivity contribution in [1.29, 1.82) is 0 Å². The molecule has 0 saturated heterocycles. The van der Waals surface area contributed by atoms with Gasteiger partial charge in [-0.1, -0.05) is 28.1 Å². The lowest BCUT2D eigenvalue weighted by Gasteiger charge is -2.13. The highest BCUT2D eigenvalue weighted by Crippen LogP contribution is 2.21. The number of hydrogen-bond acceptors (Lipinski definition) is 1. The molecule has 94 valence electrons. The second kappa shape index (κ2) is 5.59. The lowest BCUT2D eigenvalue weighted by Crippen LogP contribution is -2.15. The maximum Gasteiger partial charge on any atom is 0.128 e. The first kappa shape index (κ1) is 13.2. The number of benzene rings is 2. The zero-order valence-corrected chi connectivity index (χ0v) is 11.1. The third-order valence-corrected chi connectivity index (χ3v) is 3.26. The van der Waals surface area contributed by atoms with Crippen LogP contribution in [0.1, 0.15) is 17.2 Å². The molecule has 0 bridgehead atoms. The van der Waals surface area contributed by atoms with E-state index in [4.69, 9.17) is 5.73 Å². The first-order valence-electron chi connectivity index (χ1n) is 5.51. The summed E-state index contributed by atoms with van der Waals surface area (Å²) in [6.45, 7) is 0. The van der Waals surface area contributed by atoms with Crippen LogP contribution in [-0.2, 0) is 6.42 Å². The van der Waals surface area contributed by atoms with Crippen molar-refractivity contribution < 1.29 is 8.78 Å². The predicted octanol–water partition coefficient (Wildman–Crippen LogP) is 3.97. The number of hydrogen-bond donors (Lipinski definition) is 1. The SMILES string of the molecule is NC(Cc1ccc(Br)cc1)c1cc(F)ccc1F. The summed E-state index contributed by atoms with van der Waals surface area (Å²) in [6, 6.07) is 10.4. The average molecular weight is 312 g/mol. The smallest absolute Gasteiger partial charge is 0.128 e. The van der Waals surface area contributed by atoms with Gasteiger partial charge in [0.05, 0.1) is 0 Å². The minimum Gasteiger partial charge on any atom is -0.324 e. The molecule has 1 unspecified atom stereocenters. The van der Waals surface area contributed by atoms with Gasteiger partial charge in [0.15, 0.2) is 0 Å². The Balaban J connectivity index is 2.18. The zero-order valence-electron chi connectivity index (χ0n) is 9.54. The van der Waals surface area contributed by atoms with Gasteiger partial charge < -0.3 is 5.73 Å². The summed E-state index contributed by atoms with van der Waals surface area (Å²) in [5, 5.41) is 0. The van der Waals surface area contributed by atoms with Crippen molar-refractivity contribution in [3.05, 3.63) is 69.7 Å². The molecular formula is C14H12BrF2N. The second-order valence-corrected chi connectivity index (χ2v) is 5.02. The highest BCUT2D eigenvalue weighted by Gasteiger charge is 2.13. The van der Waals surface area contributed by atoms with Crippen LogP contribution in [0.15, 0.2) is 46.9 Å². The fourth-order valence-corrected chi connectivity index (χ4v) is 2.05.